The van der Waals surface area contributed by atoms with Crippen molar-refractivity contribution in [3.63, 3.8) is 0 Å². The second-order valence-corrected chi connectivity index (χ2v) is 6.35. The van der Waals surface area contributed by atoms with Gasteiger partial charge in [0.15, 0.2) is 0 Å². The van der Waals surface area contributed by atoms with Crippen molar-refractivity contribution < 1.29 is 0 Å². The van der Waals surface area contributed by atoms with Crippen LogP contribution < -0.4 is 0 Å². The Morgan fingerprint density at radius 1 is 1.21 bits per heavy atom. The number of nitrogens with zero attached hydrogens (tertiary/aromatic N) is 3. The molecular weight excluding hydrogens is 296 g/mol. The molecule has 120 valence electrons. The Morgan fingerprint density at radius 3 is 2.62 bits per heavy atom. The topological polar surface area (TPSA) is 45.9 Å². The molecule has 0 aliphatic carbocycles. The Morgan fingerprint density at radius 2 is 1.96 bits per heavy atom. The number of aromatic nitrogens is 3. The fourth-order valence-electron chi connectivity index (χ4n) is 2.85. The molecule has 2 aromatic heterocycles. The molecule has 1 aromatic carbocycles. The number of H-pyrrole nitrogens is 1. The molecule has 3 aromatic rings. The summed E-state index contributed by atoms with van der Waals surface area (Å²) >= 11 is 0. The van der Waals surface area contributed by atoms with Crippen molar-refractivity contribution in [2.75, 3.05) is 0 Å². The molecule has 4 heteroatoms. The van der Waals surface area contributed by atoms with Gasteiger partial charge in [-0.1, -0.05) is 44.2 Å². The highest BCUT2D eigenvalue weighted by Gasteiger charge is 2.16. The number of hydrogen-bond donors (Lipinski definition) is 1. The number of rotatable bonds is 4. The van der Waals surface area contributed by atoms with Crippen molar-refractivity contribution >= 4 is 5.69 Å². The van der Waals surface area contributed by atoms with Crippen LogP contribution in [0.25, 0.3) is 27.4 Å². The average Bonchev–Trinajstić information content (AvgIpc) is 2.95. The van der Waals surface area contributed by atoms with E-state index in [0.29, 0.717) is 17.3 Å². The predicted molar refractivity (Wildman–Crippen MR) is 96.8 cm³/mol. The number of nitrogens with one attached hydrogen (secondary N) is 1. The summed E-state index contributed by atoms with van der Waals surface area (Å²) in [6.45, 7) is 13.6. The smallest absolute Gasteiger partial charge is 0.236 e. The van der Waals surface area contributed by atoms with E-state index in [1.165, 1.54) is 5.56 Å². The minimum atomic E-state index is 0.531. The summed E-state index contributed by atoms with van der Waals surface area (Å²) in [6, 6.07) is 12.4. The Kier molecular flexibility index (Phi) is 4.43. The molecule has 0 saturated heterocycles. The van der Waals surface area contributed by atoms with Gasteiger partial charge in [0.2, 0.25) is 5.69 Å². The van der Waals surface area contributed by atoms with Gasteiger partial charge in [0.1, 0.15) is 5.69 Å². The summed E-state index contributed by atoms with van der Waals surface area (Å²) in [7, 11) is 0. The van der Waals surface area contributed by atoms with Crippen LogP contribution in [0.5, 0.6) is 0 Å². The van der Waals surface area contributed by atoms with Crippen LogP contribution in [0.2, 0.25) is 0 Å². The number of hydrogen-bond acceptors (Lipinski definition) is 2. The molecule has 0 unspecified atom stereocenters. The van der Waals surface area contributed by atoms with Crippen LogP contribution in [-0.2, 0) is 6.42 Å². The summed E-state index contributed by atoms with van der Waals surface area (Å²) in [5.74, 6) is 0.531. The largest absolute Gasteiger partial charge is 0.294 e. The first-order valence-electron chi connectivity index (χ1n) is 8.07. The van der Waals surface area contributed by atoms with Crippen molar-refractivity contribution in [3.8, 4) is 22.5 Å². The summed E-state index contributed by atoms with van der Waals surface area (Å²) in [6.07, 6.45) is 2.86. The second kappa shape index (κ2) is 6.67. The van der Waals surface area contributed by atoms with Gasteiger partial charge in [0.25, 0.3) is 0 Å². The fourth-order valence-corrected chi connectivity index (χ4v) is 2.85. The zero-order chi connectivity index (χ0) is 17.1. The zero-order valence-electron chi connectivity index (χ0n) is 14.2. The summed E-state index contributed by atoms with van der Waals surface area (Å²) in [5.41, 5.74) is 6.25. The maximum Gasteiger partial charge on any atom is 0.236 e. The van der Waals surface area contributed by atoms with E-state index in [2.05, 4.69) is 52.1 Å². The summed E-state index contributed by atoms with van der Waals surface area (Å²) < 4.78 is 0. The standard InChI is InChI=1S/C20H20N4/c1-13(2)10-16-11-18(20-19(21-4)14(3)23-24-20)22-12-17(16)15-8-6-5-7-9-15/h5-9,11-13H,10H2,1-3H3,(H,23,24). The molecule has 0 amide bonds. The lowest BCUT2D eigenvalue weighted by atomic mass is 9.94. The minimum Gasteiger partial charge on any atom is -0.294 e. The monoisotopic (exact) mass is 316 g/mol. The number of aryl methyl sites for hydroxylation is 1. The van der Waals surface area contributed by atoms with Crippen LogP contribution in [0.15, 0.2) is 42.6 Å². The van der Waals surface area contributed by atoms with E-state index in [4.69, 9.17) is 6.57 Å². The van der Waals surface area contributed by atoms with Gasteiger partial charge in [-0.3, -0.25) is 10.1 Å². The number of benzene rings is 1. The van der Waals surface area contributed by atoms with Crippen LogP contribution in [0, 0.1) is 19.4 Å². The van der Waals surface area contributed by atoms with Crippen molar-refractivity contribution in [2.45, 2.75) is 27.2 Å². The van der Waals surface area contributed by atoms with Crippen molar-refractivity contribution in [1.29, 1.82) is 0 Å². The van der Waals surface area contributed by atoms with Crippen molar-refractivity contribution in [3.05, 3.63) is 65.3 Å². The second-order valence-electron chi connectivity index (χ2n) is 6.35. The fraction of sp³-hybridized carbons (Fsp3) is 0.250. The average molecular weight is 316 g/mol. The quantitative estimate of drug-likeness (QED) is 0.673. The predicted octanol–water partition coefficient (Wildman–Crippen LogP) is 5.20. The molecule has 0 fully saturated rings. The lowest BCUT2D eigenvalue weighted by molar-refractivity contribution is 0.648. The first-order valence-corrected chi connectivity index (χ1v) is 8.07. The van der Waals surface area contributed by atoms with Crippen LogP contribution in [0.4, 0.5) is 5.69 Å². The van der Waals surface area contributed by atoms with Crippen LogP contribution in [0.1, 0.15) is 25.1 Å². The molecule has 4 nitrogen and oxygen atoms in total. The summed E-state index contributed by atoms with van der Waals surface area (Å²) in [5, 5.41) is 7.17. The van der Waals surface area contributed by atoms with E-state index in [0.717, 1.165) is 28.9 Å². The Labute approximate surface area is 142 Å². The van der Waals surface area contributed by atoms with Gasteiger partial charge in [-0.15, -0.1) is 0 Å². The maximum absolute atomic E-state index is 7.37. The van der Waals surface area contributed by atoms with E-state index < -0.39 is 0 Å². The minimum absolute atomic E-state index is 0.531. The lowest BCUT2D eigenvalue weighted by Crippen LogP contribution is -1.99. The van der Waals surface area contributed by atoms with Gasteiger partial charge in [0.05, 0.1) is 12.3 Å². The van der Waals surface area contributed by atoms with Gasteiger partial charge < -0.3 is 0 Å². The highest BCUT2D eigenvalue weighted by Crippen LogP contribution is 2.33. The van der Waals surface area contributed by atoms with Gasteiger partial charge in [0, 0.05) is 17.5 Å². The molecule has 3 rings (SSSR count). The molecule has 1 N–H and O–H groups in total. The highest BCUT2D eigenvalue weighted by molar-refractivity contribution is 5.77. The molecule has 0 spiro atoms. The Bertz CT molecular complexity index is 886. The molecule has 0 radical (unpaired) electrons. The van der Waals surface area contributed by atoms with E-state index in [-0.39, 0.29) is 0 Å². The normalized spacial score (nSPS) is 10.8. The van der Waals surface area contributed by atoms with Crippen molar-refractivity contribution in [2.24, 2.45) is 5.92 Å². The van der Waals surface area contributed by atoms with Gasteiger partial charge in [-0.25, -0.2) is 4.85 Å². The molecule has 0 aliphatic rings. The summed E-state index contributed by atoms with van der Waals surface area (Å²) in [4.78, 5) is 8.18. The van der Waals surface area contributed by atoms with Crippen LogP contribution in [0.3, 0.4) is 0 Å². The lowest BCUT2D eigenvalue weighted by Gasteiger charge is -2.13. The third kappa shape index (κ3) is 3.07. The first kappa shape index (κ1) is 15.9. The number of pyridine rings is 1. The van der Waals surface area contributed by atoms with Gasteiger partial charge in [-0.2, -0.15) is 5.10 Å². The Balaban J connectivity index is 2.13. The molecule has 2 heterocycles. The molecule has 0 saturated carbocycles. The SMILES string of the molecule is [C-]#[N+]c1c(-c2cc(CC(C)C)c(-c3ccccc3)cn2)n[nH]c1C. The van der Waals surface area contributed by atoms with E-state index in [1.54, 1.807) is 0 Å². The van der Waals surface area contributed by atoms with Crippen molar-refractivity contribution in [1.82, 2.24) is 15.2 Å². The van der Waals surface area contributed by atoms with Gasteiger partial charge >= 0.3 is 0 Å². The Hall–Kier alpha value is -2.93. The molecule has 0 bridgehead atoms. The zero-order valence-corrected chi connectivity index (χ0v) is 14.2. The van der Waals surface area contributed by atoms with E-state index in [9.17, 15) is 0 Å². The van der Waals surface area contributed by atoms with Crippen LogP contribution in [-0.4, -0.2) is 15.2 Å². The molecular formula is C20H20N4. The first-order chi connectivity index (χ1) is 11.6. The highest BCUT2D eigenvalue weighted by atomic mass is 15.1. The number of aromatic amines is 1. The molecule has 0 aliphatic heterocycles. The molecule has 0 atom stereocenters. The maximum atomic E-state index is 7.37. The van der Waals surface area contributed by atoms with E-state index >= 15 is 0 Å². The van der Waals surface area contributed by atoms with E-state index in [1.807, 2.05) is 31.3 Å². The molecule has 24 heavy (non-hydrogen) atoms. The van der Waals surface area contributed by atoms with Crippen LogP contribution >= 0.6 is 0 Å². The third-order valence-electron chi connectivity index (χ3n) is 3.97. The third-order valence-corrected chi connectivity index (χ3v) is 3.97. The van der Waals surface area contributed by atoms with Gasteiger partial charge in [-0.05, 0) is 36.5 Å².